The third-order valence-electron chi connectivity index (χ3n) is 6.40. The summed E-state index contributed by atoms with van der Waals surface area (Å²) in [5.41, 5.74) is 5.11. The van der Waals surface area contributed by atoms with E-state index in [1.54, 1.807) is 0 Å². The fraction of sp³-hybridized carbons (Fsp3) is 0.286. The number of ether oxygens (including phenoxy) is 1. The van der Waals surface area contributed by atoms with E-state index in [-0.39, 0.29) is 30.6 Å². The van der Waals surface area contributed by atoms with E-state index in [9.17, 15) is 9.59 Å². The topological polar surface area (TPSA) is 58.6 Å². The third kappa shape index (κ3) is 5.08. The number of nitrogens with zero attached hydrogens (tertiary/aromatic N) is 1. The molecule has 1 heterocycles. The van der Waals surface area contributed by atoms with Crippen molar-refractivity contribution in [3.8, 4) is 11.1 Å². The first-order valence-corrected chi connectivity index (χ1v) is 11.7. The molecule has 33 heavy (non-hydrogen) atoms. The van der Waals surface area contributed by atoms with Crippen molar-refractivity contribution < 1.29 is 14.3 Å². The van der Waals surface area contributed by atoms with Gasteiger partial charge in [0.25, 0.3) is 0 Å². The van der Waals surface area contributed by atoms with E-state index in [2.05, 4.69) is 23.5 Å². The Morgan fingerprint density at radius 2 is 1.67 bits per heavy atom. The van der Waals surface area contributed by atoms with E-state index >= 15 is 0 Å². The first-order chi connectivity index (χ1) is 16.2. The largest absolute Gasteiger partial charge is 0.445 e. The summed E-state index contributed by atoms with van der Waals surface area (Å²) in [5.74, 6) is 0.306. The summed E-state index contributed by atoms with van der Waals surface area (Å²) in [4.78, 5) is 26.6. The van der Waals surface area contributed by atoms with E-state index in [1.807, 2.05) is 65.6 Å². The van der Waals surface area contributed by atoms with Crippen LogP contribution in [0.1, 0.15) is 42.9 Å². The number of amides is 2. The second-order valence-electron chi connectivity index (χ2n) is 8.86. The van der Waals surface area contributed by atoms with Crippen LogP contribution in [0, 0.1) is 5.92 Å². The zero-order chi connectivity index (χ0) is 22.6. The maximum atomic E-state index is 12.8. The summed E-state index contributed by atoms with van der Waals surface area (Å²) in [7, 11) is 0. The van der Waals surface area contributed by atoms with Crippen LogP contribution in [0.5, 0.6) is 0 Å². The SMILES string of the molecule is O=C(Nc1ccc(-c2cccc([C@@H]3CCCN3C(=O)OCc3ccccc3)c2)cc1)C1CC1. The number of nitrogens with one attached hydrogen (secondary N) is 1. The number of benzene rings is 3. The molecule has 1 N–H and O–H groups in total. The number of carbonyl (C=O) groups is 2. The molecule has 168 valence electrons. The number of hydrogen-bond acceptors (Lipinski definition) is 3. The maximum Gasteiger partial charge on any atom is 0.410 e. The first kappa shape index (κ1) is 21.3. The minimum atomic E-state index is -0.262. The normalized spacial score (nSPS) is 17.6. The molecule has 1 saturated carbocycles. The van der Waals surface area contributed by atoms with Gasteiger partial charge in [0.05, 0.1) is 6.04 Å². The van der Waals surface area contributed by atoms with Crippen LogP contribution < -0.4 is 5.32 Å². The molecule has 0 unspecified atom stereocenters. The predicted molar refractivity (Wildman–Crippen MR) is 129 cm³/mol. The molecule has 3 aromatic rings. The van der Waals surface area contributed by atoms with Crippen molar-refractivity contribution in [1.29, 1.82) is 0 Å². The summed E-state index contributed by atoms with van der Waals surface area (Å²) < 4.78 is 5.60. The van der Waals surface area contributed by atoms with Crippen LogP contribution in [-0.4, -0.2) is 23.4 Å². The second kappa shape index (κ2) is 9.49. The highest BCUT2D eigenvalue weighted by Crippen LogP contribution is 2.35. The molecule has 0 spiro atoms. The Bertz CT molecular complexity index is 1120. The number of rotatable bonds is 6. The summed E-state index contributed by atoms with van der Waals surface area (Å²) in [6, 6.07) is 26.1. The van der Waals surface area contributed by atoms with Crippen molar-refractivity contribution in [2.45, 2.75) is 38.3 Å². The van der Waals surface area contributed by atoms with Crippen LogP contribution in [0.15, 0.2) is 78.9 Å². The molecule has 0 bridgehead atoms. The van der Waals surface area contributed by atoms with Crippen molar-refractivity contribution in [2.24, 2.45) is 5.92 Å². The van der Waals surface area contributed by atoms with Crippen LogP contribution in [0.25, 0.3) is 11.1 Å². The van der Waals surface area contributed by atoms with Crippen LogP contribution in [0.2, 0.25) is 0 Å². The van der Waals surface area contributed by atoms with Gasteiger partial charge in [-0.05, 0) is 66.1 Å². The van der Waals surface area contributed by atoms with E-state index in [4.69, 9.17) is 4.74 Å². The van der Waals surface area contributed by atoms with Crippen LogP contribution >= 0.6 is 0 Å². The van der Waals surface area contributed by atoms with Gasteiger partial charge < -0.3 is 15.0 Å². The molecule has 2 fully saturated rings. The standard InChI is InChI=1S/C28H28N2O3/c31-27(22-11-12-22)29-25-15-13-21(14-16-25)23-8-4-9-24(18-23)26-10-5-17-30(26)28(32)33-19-20-6-2-1-3-7-20/h1-4,6-9,13-16,18,22,26H,5,10-12,17,19H2,(H,29,31)/t26-/m0/s1. The van der Waals surface area contributed by atoms with E-state index in [0.717, 1.165) is 53.6 Å². The molecular formula is C28H28N2O3. The Hall–Kier alpha value is -3.60. The highest BCUT2D eigenvalue weighted by atomic mass is 16.6. The molecule has 2 aliphatic rings. The number of hydrogen-bond donors (Lipinski definition) is 1. The lowest BCUT2D eigenvalue weighted by Crippen LogP contribution is -2.31. The molecule has 5 heteroatoms. The molecule has 2 amide bonds. The van der Waals surface area contributed by atoms with Gasteiger partial charge in [-0.25, -0.2) is 4.79 Å². The summed E-state index contributed by atoms with van der Waals surface area (Å²) >= 11 is 0. The zero-order valence-electron chi connectivity index (χ0n) is 18.6. The lowest BCUT2D eigenvalue weighted by Gasteiger charge is -2.25. The van der Waals surface area contributed by atoms with Crippen molar-refractivity contribution in [1.82, 2.24) is 4.90 Å². The van der Waals surface area contributed by atoms with Crippen molar-refractivity contribution in [3.05, 3.63) is 90.0 Å². The van der Waals surface area contributed by atoms with Crippen molar-refractivity contribution in [3.63, 3.8) is 0 Å². The molecule has 5 nitrogen and oxygen atoms in total. The Morgan fingerprint density at radius 1 is 0.879 bits per heavy atom. The molecule has 1 atom stereocenters. The average molecular weight is 441 g/mol. The number of carbonyl (C=O) groups excluding carboxylic acids is 2. The summed E-state index contributed by atoms with van der Waals surface area (Å²) in [6.45, 7) is 0.991. The van der Waals surface area contributed by atoms with Crippen LogP contribution in [0.4, 0.5) is 10.5 Å². The Labute approximate surface area is 194 Å². The van der Waals surface area contributed by atoms with E-state index in [0.29, 0.717) is 6.54 Å². The van der Waals surface area contributed by atoms with Crippen molar-refractivity contribution >= 4 is 17.7 Å². The zero-order valence-corrected chi connectivity index (χ0v) is 18.6. The van der Waals surface area contributed by atoms with Gasteiger partial charge in [-0.3, -0.25) is 4.79 Å². The van der Waals surface area contributed by atoms with Gasteiger partial charge in [-0.1, -0.05) is 60.7 Å². The Morgan fingerprint density at radius 3 is 2.42 bits per heavy atom. The van der Waals surface area contributed by atoms with Gasteiger partial charge in [-0.15, -0.1) is 0 Å². The average Bonchev–Trinajstić information content (AvgIpc) is 3.60. The molecular weight excluding hydrogens is 412 g/mol. The van der Waals surface area contributed by atoms with Gasteiger partial charge in [-0.2, -0.15) is 0 Å². The summed E-state index contributed by atoms with van der Waals surface area (Å²) in [5, 5.41) is 2.98. The fourth-order valence-electron chi connectivity index (χ4n) is 4.40. The number of likely N-dealkylation sites (tertiary alicyclic amines) is 1. The Kier molecular flexibility index (Phi) is 6.11. The molecule has 1 saturated heterocycles. The monoisotopic (exact) mass is 440 g/mol. The molecule has 1 aliphatic heterocycles. The third-order valence-corrected chi connectivity index (χ3v) is 6.40. The van der Waals surface area contributed by atoms with Gasteiger partial charge in [0, 0.05) is 18.2 Å². The quantitative estimate of drug-likeness (QED) is 0.498. The summed E-state index contributed by atoms with van der Waals surface area (Å²) in [6.07, 6.45) is 3.62. The molecule has 1 aliphatic carbocycles. The highest BCUT2D eigenvalue weighted by Gasteiger charge is 2.31. The van der Waals surface area contributed by atoms with Crippen molar-refractivity contribution in [2.75, 3.05) is 11.9 Å². The lowest BCUT2D eigenvalue weighted by atomic mass is 9.98. The van der Waals surface area contributed by atoms with Gasteiger partial charge in [0.2, 0.25) is 5.91 Å². The smallest absolute Gasteiger partial charge is 0.410 e. The van der Waals surface area contributed by atoms with Gasteiger partial charge in [0.15, 0.2) is 0 Å². The fourth-order valence-corrected chi connectivity index (χ4v) is 4.40. The van der Waals surface area contributed by atoms with Crippen LogP contribution in [0.3, 0.4) is 0 Å². The molecule has 3 aromatic carbocycles. The minimum Gasteiger partial charge on any atom is -0.445 e. The van der Waals surface area contributed by atoms with Crippen LogP contribution in [-0.2, 0) is 16.1 Å². The highest BCUT2D eigenvalue weighted by molar-refractivity contribution is 5.94. The predicted octanol–water partition coefficient (Wildman–Crippen LogP) is 6.18. The Balaban J connectivity index is 1.26. The molecule has 0 aromatic heterocycles. The first-order valence-electron chi connectivity index (χ1n) is 11.7. The maximum absolute atomic E-state index is 12.8. The lowest BCUT2D eigenvalue weighted by molar-refractivity contribution is -0.117. The van der Waals surface area contributed by atoms with E-state index < -0.39 is 0 Å². The van der Waals surface area contributed by atoms with Gasteiger partial charge >= 0.3 is 6.09 Å². The number of anilines is 1. The van der Waals surface area contributed by atoms with Gasteiger partial charge in [0.1, 0.15) is 6.61 Å². The second-order valence-corrected chi connectivity index (χ2v) is 8.86. The van der Waals surface area contributed by atoms with E-state index in [1.165, 1.54) is 0 Å². The molecule has 0 radical (unpaired) electrons. The molecule has 5 rings (SSSR count). The minimum absolute atomic E-state index is 0.0188.